The molecule has 2 nitrogen and oxygen atoms in total. The first kappa shape index (κ1) is 24.5. The molecule has 0 radical (unpaired) electrons. The molecule has 0 aliphatic rings. The average Bonchev–Trinajstić information content (AvgIpc) is 3.51. The maximum Gasteiger partial charge on any atom is 0.143 e. The Labute approximate surface area is 258 Å². The Morgan fingerprint density at radius 2 is 0.933 bits per heavy atom. The topological polar surface area (TPSA) is 26.0 Å². The van der Waals surface area contributed by atoms with Crippen molar-refractivity contribution in [1.29, 1.82) is 0 Å². The van der Waals surface area contributed by atoms with Crippen molar-refractivity contribution in [2.45, 2.75) is 0 Å². The highest BCUT2D eigenvalue weighted by Crippen LogP contribution is 2.48. The van der Waals surface area contributed by atoms with E-state index < -0.39 is 0 Å². The van der Waals surface area contributed by atoms with Crippen molar-refractivity contribution < 1.29 is 4.42 Å². The van der Waals surface area contributed by atoms with Gasteiger partial charge >= 0.3 is 0 Å². The SMILES string of the molecule is c1ccc2nc(-c3c4ccccc4c(-c4cc5ccccc5c5c4oc4ccc6ccccc6c45)c4ccccc34)ccc2c1. The van der Waals surface area contributed by atoms with Gasteiger partial charge in [-0.25, -0.2) is 4.98 Å². The molecule has 0 fully saturated rings. The minimum absolute atomic E-state index is 0.909. The zero-order valence-electron chi connectivity index (χ0n) is 24.3. The number of benzene rings is 8. The van der Waals surface area contributed by atoms with Crippen LogP contribution in [0.1, 0.15) is 0 Å². The number of furan rings is 1. The Balaban J connectivity index is 1.40. The molecule has 2 aromatic heterocycles. The Kier molecular flexibility index (Phi) is 5.03. The fourth-order valence-electron chi connectivity index (χ4n) is 7.47. The van der Waals surface area contributed by atoms with Crippen LogP contribution in [0.15, 0.2) is 156 Å². The molecule has 0 unspecified atom stereocenters. The van der Waals surface area contributed by atoms with Crippen LogP contribution in [-0.4, -0.2) is 4.98 Å². The Morgan fingerprint density at radius 3 is 1.64 bits per heavy atom. The monoisotopic (exact) mass is 571 g/mol. The normalized spacial score (nSPS) is 12.0. The molecule has 45 heavy (non-hydrogen) atoms. The lowest BCUT2D eigenvalue weighted by Gasteiger charge is -2.18. The summed E-state index contributed by atoms with van der Waals surface area (Å²) in [4.78, 5) is 5.18. The van der Waals surface area contributed by atoms with Gasteiger partial charge in [0.1, 0.15) is 11.2 Å². The number of aromatic nitrogens is 1. The van der Waals surface area contributed by atoms with Gasteiger partial charge in [0.15, 0.2) is 0 Å². The number of pyridine rings is 1. The highest BCUT2D eigenvalue weighted by Gasteiger charge is 2.23. The third-order valence-electron chi connectivity index (χ3n) is 9.41. The van der Waals surface area contributed by atoms with Crippen LogP contribution >= 0.6 is 0 Å². The second-order valence-electron chi connectivity index (χ2n) is 11.8. The molecule has 0 atom stereocenters. The van der Waals surface area contributed by atoms with Gasteiger partial charge in [-0.3, -0.25) is 0 Å². The summed E-state index contributed by atoms with van der Waals surface area (Å²) < 4.78 is 6.90. The molecule has 208 valence electrons. The summed E-state index contributed by atoms with van der Waals surface area (Å²) >= 11 is 0. The molecule has 10 aromatic rings. The third-order valence-corrected chi connectivity index (χ3v) is 9.41. The van der Waals surface area contributed by atoms with Crippen LogP contribution in [-0.2, 0) is 0 Å². The molecule has 0 aliphatic heterocycles. The van der Waals surface area contributed by atoms with Crippen LogP contribution < -0.4 is 0 Å². The van der Waals surface area contributed by atoms with E-state index in [9.17, 15) is 0 Å². The second kappa shape index (κ2) is 9.25. The van der Waals surface area contributed by atoms with Crippen molar-refractivity contribution in [3.8, 4) is 22.4 Å². The van der Waals surface area contributed by atoms with E-state index in [1.807, 2.05) is 0 Å². The first-order valence-electron chi connectivity index (χ1n) is 15.4. The number of nitrogens with zero attached hydrogens (tertiary/aromatic N) is 1. The van der Waals surface area contributed by atoms with Gasteiger partial charge in [-0.15, -0.1) is 0 Å². The van der Waals surface area contributed by atoms with Crippen LogP contribution in [0.5, 0.6) is 0 Å². The summed E-state index contributed by atoms with van der Waals surface area (Å²) in [5.74, 6) is 0. The minimum atomic E-state index is 0.909. The summed E-state index contributed by atoms with van der Waals surface area (Å²) in [6.07, 6.45) is 0. The molecule has 0 N–H and O–H groups in total. The van der Waals surface area contributed by atoms with Crippen molar-refractivity contribution in [2.75, 3.05) is 0 Å². The first-order valence-corrected chi connectivity index (χ1v) is 15.4. The molecule has 0 bridgehead atoms. The number of hydrogen-bond acceptors (Lipinski definition) is 2. The largest absolute Gasteiger partial charge is 0.455 e. The van der Waals surface area contributed by atoms with Crippen molar-refractivity contribution in [2.24, 2.45) is 0 Å². The summed E-state index contributed by atoms with van der Waals surface area (Å²) in [5.41, 5.74) is 7.26. The van der Waals surface area contributed by atoms with Gasteiger partial charge < -0.3 is 4.42 Å². The summed E-state index contributed by atoms with van der Waals surface area (Å²) in [5, 5.41) is 13.0. The highest BCUT2D eigenvalue weighted by molar-refractivity contribution is 6.31. The fourth-order valence-corrected chi connectivity index (χ4v) is 7.47. The zero-order valence-corrected chi connectivity index (χ0v) is 24.3. The Hall–Kier alpha value is -5.99. The van der Waals surface area contributed by atoms with Crippen molar-refractivity contribution in [3.05, 3.63) is 152 Å². The van der Waals surface area contributed by atoms with E-state index in [-0.39, 0.29) is 0 Å². The van der Waals surface area contributed by atoms with Gasteiger partial charge in [-0.05, 0) is 67.4 Å². The molecule has 8 aromatic carbocycles. The lowest BCUT2D eigenvalue weighted by atomic mass is 9.85. The van der Waals surface area contributed by atoms with Crippen molar-refractivity contribution in [3.63, 3.8) is 0 Å². The standard InChI is InChI=1S/C43H25NO/c1-4-14-29-26(11-1)22-24-38-41(29)42-30-15-5-2-13-28(30)25-35(43(42)45-38)39-31-16-6-8-18-33(31)40(34-19-9-7-17-32(34)39)37-23-21-27-12-3-10-20-36(27)44-37/h1-25H. The molecule has 10 rings (SSSR count). The van der Waals surface area contributed by atoms with Crippen molar-refractivity contribution in [1.82, 2.24) is 4.98 Å². The molecule has 0 amide bonds. The Morgan fingerprint density at radius 1 is 0.400 bits per heavy atom. The van der Waals surface area contributed by atoms with Crippen LogP contribution in [0.2, 0.25) is 0 Å². The minimum Gasteiger partial charge on any atom is -0.455 e. The van der Waals surface area contributed by atoms with Gasteiger partial charge in [0.2, 0.25) is 0 Å². The van der Waals surface area contributed by atoms with Gasteiger partial charge in [0.05, 0.1) is 11.2 Å². The predicted octanol–water partition coefficient (Wildman–Crippen LogP) is 12.1. The van der Waals surface area contributed by atoms with Gasteiger partial charge in [-0.1, -0.05) is 127 Å². The van der Waals surface area contributed by atoms with E-state index in [2.05, 4.69) is 152 Å². The van der Waals surface area contributed by atoms with Crippen molar-refractivity contribution >= 4 is 75.9 Å². The number of para-hydroxylation sites is 1. The lowest BCUT2D eigenvalue weighted by molar-refractivity contribution is 0.670. The van der Waals surface area contributed by atoms with Gasteiger partial charge in [0.25, 0.3) is 0 Å². The molecular weight excluding hydrogens is 546 g/mol. The molecule has 0 saturated carbocycles. The van der Waals surface area contributed by atoms with Crippen LogP contribution in [0.3, 0.4) is 0 Å². The van der Waals surface area contributed by atoms with E-state index in [0.29, 0.717) is 0 Å². The zero-order chi connectivity index (χ0) is 29.5. The third kappa shape index (κ3) is 3.48. The summed E-state index contributed by atoms with van der Waals surface area (Å²) in [6, 6.07) is 54.1. The van der Waals surface area contributed by atoms with Crippen LogP contribution in [0, 0.1) is 0 Å². The summed E-state index contributed by atoms with van der Waals surface area (Å²) in [6.45, 7) is 0. The quantitative estimate of drug-likeness (QED) is 0.193. The van der Waals surface area contributed by atoms with Crippen LogP contribution in [0.4, 0.5) is 0 Å². The first-order chi connectivity index (χ1) is 22.3. The fraction of sp³-hybridized carbons (Fsp3) is 0. The molecule has 0 spiro atoms. The molecular formula is C43H25NO. The van der Waals surface area contributed by atoms with Gasteiger partial charge in [-0.2, -0.15) is 0 Å². The molecule has 2 heteroatoms. The number of fused-ring (bicyclic) bond motifs is 10. The molecule has 0 saturated heterocycles. The maximum absolute atomic E-state index is 6.90. The van der Waals surface area contributed by atoms with E-state index in [4.69, 9.17) is 9.40 Å². The number of hydrogen-bond donors (Lipinski definition) is 0. The van der Waals surface area contributed by atoms with Gasteiger partial charge in [0, 0.05) is 32.8 Å². The second-order valence-corrected chi connectivity index (χ2v) is 11.8. The molecule has 2 heterocycles. The average molecular weight is 572 g/mol. The highest BCUT2D eigenvalue weighted by atomic mass is 16.3. The molecule has 0 aliphatic carbocycles. The Bertz CT molecular complexity index is 2770. The van der Waals surface area contributed by atoms with E-state index >= 15 is 0 Å². The predicted molar refractivity (Wildman–Crippen MR) is 190 cm³/mol. The van der Waals surface area contributed by atoms with Crippen LogP contribution in [0.25, 0.3) is 98.3 Å². The van der Waals surface area contributed by atoms with E-state index in [1.54, 1.807) is 0 Å². The lowest BCUT2D eigenvalue weighted by Crippen LogP contribution is -1.93. The number of rotatable bonds is 2. The van der Waals surface area contributed by atoms with E-state index in [1.165, 1.54) is 59.4 Å². The smallest absolute Gasteiger partial charge is 0.143 e. The summed E-state index contributed by atoms with van der Waals surface area (Å²) in [7, 11) is 0. The van der Waals surface area contributed by atoms with E-state index in [0.717, 1.165) is 38.9 Å². The maximum atomic E-state index is 6.90.